The number of imide groups is 1. The Balaban J connectivity index is 1.53. The average Bonchev–Trinajstić information content (AvgIpc) is 3.27. The molecule has 2 amide bonds. The highest BCUT2D eigenvalue weighted by Crippen LogP contribution is 2.46. The number of nitrogens with zero attached hydrogens (tertiary/aromatic N) is 2. The molecule has 0 spiro atoms. The van der Waals surface area contributed by atoms with Crippen LogP contribution in [0.1, 0.15) is 17.2 Å². The van der Waals surface area contributed by atoms with Crippen LogP contribution in [0.5, 0.6) is 0 Å². The van der Waals surface area contributed by atoms with Gasteiger partial charge in [0.1, 0.15) is 11.7 Å². The fraction of sp³-hybridized carbons (Fsp3) is 0.167. The van der Waals surface area contributed by atoms with Gasteiger partial charge in [0, 0.05) is 0 Å². The molecule has 3 aromatic carbocycles. The fourth-order valence-corrected chi connectivity index (χ4v) is 4.22. The van der Waals surface area contributed by atoms with Gasteiger partial charge >= 0.3 is 0 Å². The van der Waals surface area contributed by atoms with Gasteiger partial charge in [0.05, 0.1) is 18.3 Å². The summed E-state index contributed by atoms with van der Waals surface area (Å²) in [7, 11) is 0. The van der Waals surface area contributed by atoms with Gasteiger partial charge in [0.2, 0.25) is 5.91 Å². The topological polar surface area (TPSA) is 49.9 Å². The molecule has 30 heavy (non-hydrogen) atoms. The van der Waals surface area contributed by atoms with Crippen molar-refractivity contribution in [2.24, 2.45) is 5.92 Å². The molecule has 0 N–H and O–H groups in total. The maximum Gasteiger partial charge on any atom is 0.262 e. The van der Waals surface area contributed by atoms with E-state index in [-0.39, 0.29) is 18.4 Å². The van der Waals surface area contributed by atoms with Gasteiger partial charge in [-0.1, -0.05) is 60.7 Å². The van der Waals surface area contributed by atoms with Crippen LogP contribution in [0.15, 0.2) is 84.9 Å². The van der Waals surface area contributed by atoms with Crippen molar-refractivity contribution >= 4 is 17.5 Å². The highest BCUT2D eigenvalue weighted by Gasteiger charge is 2.59. The largest absolute Gasteiger partial charge is 0.275 e. The molecule has 0 aliphatic carbocycles. The molecule has 2 fully saturated rings. The van der Waals surface area contributed by atoms with Crippen LogP contribution in [0.2, 0.25) is 0 Å². The van der Waals surface area contributed by atoms with Crippen molar-refractivity contribution in [2.75, 3.05) is 5.06 Å². The molecule has 2 aliphatic heterocycles. The standard InChI is InChI=1S/C24H19FN2O3/c25-18-11-7-10-17(14-18)21-20-22(30-27(21)19-12-5-2-6-13-19)24(29)26(23(20)28)15-16-8-3-1-4-9-16/h1-14,20-22H,15H2/t20-,21+,22-/m0/s1. The highest BCUT2D eigenvalue weighted by atomic mass is 19.1. The Morgan fingerprint density at radius 2 is 1.53 bits per heavy atom. The zero-order chi connectivity index (χ0) is 20.7. The Bertz CT molecular complexity index is 1090. The number of amides is 2. The minimum atomic E-state index is -0.935. The Kier molecular flexibility index (Phi) is 4.56. The number of hydrogen-bond acceptors (Lipinski definition) is 4. The SMILES string of the molecule is O=C1[C@@H]2[C@H](ON(c3ccccc3)[C@@H]2c2cccc(F)c2)C(=O)N1Cc1ccccc1. The van der Waals surface area contributed by atoms with Crippen molar-refractivity contribution in [3.63, 3.8) is 0 Å². The molecule has 0 aromatic heterocycles. The minimum Gasteiger partial charge on any atom is -0.275 e. The van der Waals surface area contributed by atoms with Gasteiger partial charge in [0.15, 0.2) is 6.10 Å². The lowest BCUT2D eigenvalue weighted by atomic mass is 9.90. The second-order valence-corrected chi connectivity index (χ2v) is 7.46. The van der Waals surface area contributed by atoms with Crippen LogP contribution in [0.25, 0.3) is 0 Å². The lowest BCUT2D eigenvalue weighted by molar-refractivity contribution is -0.143. The number of carbonyl (C=O) groups excluding carboxylic acids is 2. The number of likely N-dealkylation sites (tertiary alicyclic amines) is 1. The van der Waals surface area contributed by atoms with E-state index in [4.69, 9.17) is 4.84 Å². The van der Waals surface area contributed by atoms with Crippen LogP contribution in [0, 0.1) is 11.7 Å². The molecule has 6 heteroatoms. The van der Waals surface area contributed by atoms with Crippen molar-refractivity contribution in [3.8, 4) is 0 Å². The van der Waals surface area contributed by atoms with E-state index < -0.39 is 23.9 Å². The first kappa shape index (κ1) is 18.5. The lowest BCUT2D eigenvalue weighted by Crippen LogP contribution is -2.36. The van der Waals surface area contributed by atoms with E-state index in [0.717, 1.165) is 5.56 Å². The zero-order valence-corrected chi connectivity index (χ0v) is 16.0. The van der Waals surface area contributed by atoms with Gasteiger partial charge in [-0.15, -0.1) is 0 Å². The van der Waals surface area contributed by atoms with Gasteiger partial charge < -0.3 is 0 Å². The molecule has 2 saturated heterocycles. The van der Waals surface area contributed by atoms with Crippen LogP contribution in [-0.4, -0.2) is 22.8 Å². The van der Waals surface area contributed by atoms with Crippen LogP contribution in [-0.2, 0) is 21.0 Å². The Labute approximate surface area is 173 Å². The Morgan fingerprint density at radius 1 is 0.833 bits per heavy atom. The van der Waals surface area contributed by atoms with Crippen molar-refractivity contribution in [2.45, 2.75) is 18.7 Å². The predicted molar refractivity (Wildman–Crippen MR) is 108 cm³/mol. The predicted octanol–water partition coefficient (Wildman–Crippen LogP) is 3.87. The smallest absolute Gasteiger partial charge is 0.262 e. The summed E-state index contributed by atoms with van der Waals surface area (Å²) in [6.07, 6.45) is -0.935. The molecule has 3 aromatic rings. The number of fused-ring (bicyclic) bond motifs is 1. The number of hydroxylamine groups is 1. The summed E-state index contributed by atoms with van der Waals surface area (Å²) >= 11 is 0. The van der Waals surface area contributed by atoms with E-state index >= 15 is 0 Å². The molecule has 5 nitrogen and oxygen atoms in total. The first-order chi connectivity index (χ1) is 14.6. The molecule has 0 radical (unpaired) electrons. The van der Waals surface area contributed by atoms with E-state index in [9.17, 15) is 14.0 Å². The van der Waals surface area contributed by atoms with E-state index in [2.05, 4.69) is 0 Å². The van der Waals surface area contributed by atoms with Gasteiger partial charge in [-0.05, 0) is 35.4 Å². The molecule has 2 aliphatic rings. The molecule has 5 rings (SSSR count). The second kappa shape index (κ2) is 7.39. The number of anilines is 1. The van der Waals surface area contributed by atoms with Crippen molar-refractivity contribution in [1.82, 2.24) is 4.90 Å². The third kappa shape index (κ3) is 3.06. The number of benzene rings is 3. The van der Waals surface area contributed by atoms with Crippen LogP contribution in [0.4, 0.5) is 10.1 Å². The molecule has 150 valence electrons. The molecule has 0 saturated carbocycles. The summed E-state index contributed by atoms with van der Waals surface area (Å²) < 4.78 is 14.0. The first-order valence-corrected chi connectivity index (χ1v) is 9.79. The normalized spacial score (nSPS) is 23.2. The quantitative estimate of drug-likeness (QED) is 0.622. The van der Waals surface area contributed by atoms with Gasteiger partial charge in [-0.25, -0.2) is 9.45 Å². The molecule has 3 atom stereocenters. The van der Waals surface area contributed by atoms with Gasteiger partial charge in [-0.3, -0.25) is 19.3 Å². The number of carbonyl (C=O) groups is 2. The third-order valence-corrected chi connectivity index (χ3v) is 5.59. The third-order valence-electron chi connectivity index (χ3n) is 5.59. The maximum atomic E-state index is 14.0. The molecule has 0 unspecified atom stereocenters. The maximum absolute atomic E-state index is 14.0. The summed E-state index contributed by atoms with van der Waals surface area (Å²) in [4.78, 5) is 33.7. The Morgan fingerprint density at radius 3 is 2.23 bits per heavy atom. The summed E-state index contributed by atoms with van der Waals surface area (Å²) in [6.45, 7) is 0.191. The summed E-state index contributed by atoms with van der Waals surface area (Å²) in [5.41, 5.74) is 2.16. The van der Waals surface area contributed by atoms with Crippen LogP contribution < -0.4 is 5.06 Å². The van der Waals surface area contributed by atoms with E-state index in [1.807, 2.05) is 60.7 Å². The van der Waals surface area contributed by atoms with E-state index in [1.165, 1.54) is 17.0 Å². The number of halogens is 1. The van der Waals surface area contributed by atoms with E-state index in [1.54, 1.807) is 17.2 Å². The average molecular weight is 402 g/mol. The Hall–Kier alpha value is -3.51. The first-order valence-electron chi connectivity index (χ1n) is 9.79. The van der Waals surface area contributed by atoms with Crippen LogP contribution >= 0.6 is 0 Å². The molecule has 0 bridgehead atoms. The zero-order valence-electron chi connectivity index (χ0n) is 16.0. The molecular formula is C24H19FN2O3. The summed E-state index contributed by atoms with van der Waals surface area (Å²) in [6, 6.07) is 24.1. The second-order valence-electron chi connectivity index (χ2n) is 7.46. The number of rotatable bonds is 4. The number of para-hydroxylation sites is 1. The van der Waals surface area contributed by atoms with Crippen molar-refractivity contribution in [3.05, 3.63) is 102 Å². The molecule has 2 heterocycles. The van der Waals surface area contributed by atoms with Gasteiger partial charge in [-0.2, -0.15) is 0 Å². The van der Waals surface area contributed by atoms with Crippen LogP contribution in [0.3, 0.4) is 0 Å². The summed E-state index contributed by atoms with van der Waals surface area (Å²) in [5, 5.41) is 1.57. The molecular weight excluding hydrogens is 383 g/mol. The lowest BCUT2D eigenvalue weighted by Gasteiger charge is -2.28. The number of hydrogen-bond donors (Lipinski definition) is 0. The van der Waals surface area contributed by atoms with Crippen molar-refractivity contribution < 1.29 is 18.8 Å². The minimum absolute atomic E-state index is 0.191. The van der Waals surface area contributed by atoms with Crippen molar-refractivity contribution in [1.29, 1.82) is 0 Å². The van der Waals surface area contributed by atoms with E-state index in [0.29, 0.717) is 11.3 Å². The van der Waals surface area contributed by atoms with Gasteiger partial charge in [0.25, 0.3) is 5.91 Å². The highest BCUT2D eigenvalue weighted by molar-refractivity contribution is 6.07. The fourth-order valence-electron chi connectivity index (χ4n) is 4.22. The monoisotopic (exact) mass is 402 g/mol. The summed E-state index contributed by atoms with van der Waals surface area (Å²) in [5.74, 6) is -1.82.